The van der Waals surface area contributed by atoms with Crippen molar-refractivity contribution in [2.75, 3.05) is 32.6 Å². The molecule has 0 spiro atoms. The molecule has 2 heterocycles. The Hall–Kier alpha value is -2.59. The molecule has 1 aromatic carbocycles. The second-order valence-corrected chi connectivity index (χ2v) is 10.4. The number of carbonyl (C=O) groups excluding carboxylic acids is 1. The molecule has 9 nitrogen and oxygen atoms in total. The lowest BCUT2D eigenvalue weighted by Crippen LogP contribution is -2.41. The summed E-state index contributed by atoms with van der Waals surface area (Å²) >= 11 is 0. The van der Waals surface area contributed by atoms with Gasteiger partial charge in [-0.15, -0.1) is 0 Å². The number of hydrogen-bond donors (Lipinski definition) is 1. The topological polar surface area (TPSA) is 111 Å². The van der Waals surface area contributed by atoms with Gasteiger partial charge in [-0.2, -0.15) is 4.31 Å². The van der Waals surface area contributed by atoms with E-state index in [4.69, 9.17) is 14.0 Å². The van der Waals surface area contributed by atoms with Crippen LogP contribution in [-0.2, 0) is 20.2 Å². The molecule has 31 heavy (non-hydrogen) atoms. The number of nitrogens with one attached hydrogen (secondary N) is 1. The lowest BCUT2D eigenvalue weighted by Gasteiger charge is -2.30. The summed E-state index contributed by atoms with van der Waals surface area (Å²) in [6.45, 7) is 6.48. The fraction of sp³-hybridized carbons (Fsp3) is 0.524. The monoisotopic (exact) mass is 451 g/mol. The summed E-state index contributed by atoms with van der Waals surface area (Å²) in [5, 5.41) is 6.68. The Kier molecular flexibility index (Phi) is 6.61. The molecular formula is C21H29N3O6S. The van der Waals surface area contributed by atoms with E-state index >= 15 is 0 Å². The maximum absolute atomic E-state index is 13.0. The van der Waals surface area contributed by atoms with Gasteiger partial charge in [-0.1, -0.05) is 25.9 Å². The lowest BCUT2D eigenvalue weighted by molar-refractivity contribution is -0.120. The number of aromatic nitrogens is 1. The van der Waals surface area contributed by atoms with Gasteiger partial charge in [0.1, 0.15) is 5.76 Å². The predicted octanol–water partition coefficient (Wildman–Crippen LogP) is 3.03. The highest BCUT2D eigenvalue weighted by atomic mass is 32.2. The van der Waals surface area contributed by atoms with E-state index in [0.29, 0.717) is 35.9 Å². The Bertz CT molecular complexity index is 1030. The molecule has 0 aliphatic carbocycles. The van der Waals surface area contributed by atoms with Crippen LogP contribution in [0.3, 0.4) is 0 Å². The van der Waals surface area contributed by atoms with Gasteiger partial charge in [0.25, 0.3) is 0 Å². The first-order valence-electron chi connectivity index (χ1n) is 10.1. The normalized spacial score (nSPS) is 16.2. The van der Waals surface area contributed by atoms with Gasteiger partial charge in [0, 0.05) is 36.6 Å². The van der Waals surface area contributed by atoms with Gasteiger partial charge < -0.3 is 19.3 Å². The number of benzene rings is 1. The Balaban J connectivity index is 1.63. The minimum atomic E-state index is -3.70. The van der Waals surface area contributed by atoms with Crippen molar-refractivity contribution in [3.8, 4) is 11.5 Å². The van der Waals surface area contributed by atoms with Crippen molar-refractivity contribution < 1.29 is 27.2 Å². The van der Waals surface area contributed by atoms with Crippen LogP contribution in [0.15, 0.2) is 33.7 Å². The van der Waals surface area contributed by atoms with Gasteiger partial charge in [-0.25, -0.2) is 8.42 Å². The molecule has 0 radical (unpaired) electrons. The van der Waals surface area contributed by atoms with Crippen molar-refractivity contribution in [3.05, 3.63) is 30.0 Å². The van der Waals surface area contributed by atoms with E-state index in [1.807, 2.05) is 20.8 Å². The van der Waals surface area contributed by atoms with E-state index in [2.05, 4.69) is 10.5 Å². The molecule has 0 bridgehead atoms. The molecule has 1 fully saturated rings. The van der Waals surface area contributed by atoms with Crippen LogP contribution in [0.1, 0.15) is 39.4 Å². The summed E-state index contributed by atoms with van der Waals surface area (Å²) in [5.41, 5.74) is -0.209. The quantitative estimate of drug-likeness (QED) is 0.719. The van der Waals surface area contributed by atoms with Gasteiger partial charge in [0.2, 0.25) is 15.9 Å². The number of hydrogen-bond acceptors (Lipinski definition) is 7. The number of rotatable bonds is 6. The first kappa shape index (κ1) is 23.1. The summed E-state index contributed by atoms with van der Waals surface area (Å²) < 4.78 is 43.1. The molecule has 2 aromatic rings. The molecule has 1 aromatic heterocycles. The highest BCUT2D eigenvalue weighted by Gasteiger charge is 2.33. The summed E-state index contributed by atoms with van der Waals surface area (Å²) in [4.78, 5) is 12.7. The van der Waals surface area contributed by atoms with Crippen LogP contribution >= 0.6 is 0 Å². The van der Waals surface area contributed by atoms with Crippen LogP contribution < -0.4 is 14.8 Å². The van der Waals surface area contributed by atoms with Crippen LogP contribution in [0, 0.1) is 5.92 Å². The Morgan fingerprint density at radius 2 is 1.77 bits per heavy atom. The van der Waals surface area contributed by atoms with E-state index in [1.165, 1.54) is 30.7 Å². The van der Waals surface area contributed by atoms with Crippen molar-refractivity contribution in [1.82, 2.24) is 9.46 Å². The molecule has 0 atom stereocenters. The smallest absolute Gasteiger partial charge is 0.243 e. The van der Waals surface area contributed by atoms with Gasteiger partial charge in [-0.3, -0.25) is 4.79 Å². The molecular weight excluding hydrogens is 422 g/mol. The largest absolute Gasteiger partial charge is 0.493 e. The van der Waals surface area contributed by atoms with E-state index in [9.17, 15) is 13.2 Å². The van der Waals surface area contributed by atoms with Gasteiger partial charge in [-0.05, 0) is 25.0 Å². The summed E-state index contributed by atoms with van der Waals surface area (Å²) in [7, 11) is -0.755. The summed E-state index contributed by atoms with van der Waals surface area (Å²) in [6.07, 6.45) is 0.838. The Labute approximate surface area is 182 Å². The average molecular weight is 452 g/mol. The SMILES string of the molecule is COc1ccc(S(=O)(=O)N2CCC(C(=O)Nc3cc(C(C)(C)C)on3)CC2)cc1OC. The van der Waals surface area contributed by atoms with E-state index in [-0.39, 0.29) is 35.2 Å². The fourth-order valence-electron chi connectivity index (χ4n) is 3.40. The van der Waals surface area contributed by atoms with Crippen molar-refractivity contribution in [2.45, 2.75) is 43.9 Å². The first-order valence-corrected chi connectivity index (χ1v) is 11.5. The fourth-order valence-corrected chi connectivity index (χ4v) is 4.89. The number of anilines is 1. The number of methoxy groups -OCH3 is 2. The number of nitrogens with zero attached hydrogens (tertiary/aromatic N) is 2. The number of amides is 1. The minimum absolute atomic E-state index is 0.130. The van der Waals surface area contributed by atoms with Crippen LogP contribution in [-0.4, -0.2) is 51.1 Å². The molecule has 0 saturated carbocycles. The van der Waals surface area contributed by atoms with Gasteiger partial charge >= 0.3 is 0 Å². The molecule has 1 N–H and O–H groups in total. The third kappa shape index (κ3) is 5.01. The van der Waals surface area contributed by atoms with Crippen LogP contribution in [0.5, 0.6) is 11.5 Å². The second-order valence-electron chi connectivity index (χ2n) is 8.51. The number of carbonyl (C=O) groups is 1. The molecule has 0 unspecified atom stereocenters. The Morgan fingerprint density at radius 1 is 1.13 bits per heavy atom. The zero-order valence-electron chi connectivity index (χ0n) is 18.5. The minimum Gasteiger partial charge on any atom is -0.493 e. The maximum Gasteiger partial charge on any atom is 0.243 e. The highest BCUT2D eigenvalue weighted by molar-refractivity contribution is 7.89. The molecule has 3 rings (SSSR count). The molecule has 10 heteroatoms. The number of ether oxygens (including phenoxy) is 2. The van der Waals surface area contributed by atoms with Gasteiger partial charge in [0.05, 0.1) is 19.1 Å². The van der Waals surface area contributed by atoms with E-state index in [1.54, 1.807) is 12.1 Å². The van der Waals surface area contributed by atoms with Crippen molar-refractivity contribution in [2.24, 2.45) is 5.92 Å². The molecule has 170 valence electrons. The van der Waals surface area contributed by atoms with E-state index < -0.39 is 10.0 Å². The summed E-state index contributed by atoms with van der Waals surface area (Å²) in [5.74, 6) is 1.37. The molecule has 1 amide bonds. The maximum atomic E-state index is 13.0. The molecule has 1 saturated heterocycles. The summed E-state index contributed by atoms with van der Waals surface area (Å²) in [6, 6.07) is 6.22. The molecule has 1 aliphatic heterocycles. The molecule has 1 aliphatic rings. The van der Waals surface area contributed by atoms with Crippen LogP contribution in [0.2, 0.25) is 0 Å². The second kappa shape index (κ2) is 8.88. The highest BCUT2D eigenvalue weighted by Crippen LogP contribution is 2.32. The first-order chi connectivity index (χ1) is 14.6. The van der Waals surface area contributed by atoms with Crippen LogP contribution in [0.4, 0.5) is 5.82 Å². The third-order valence-electron chi connectivity index (χ3n) is 5.32. The zero-order chi connectivity index (χ0) is 22.8. The van der Waals surface area contributed by atoms with Crippen molar-refractivity contribution in [1.29, 1.82) is 0 Å². The standard InChI is InChI=1S/C21H29N3O6S/c1-21(2,3)18-13-19(23-30-18)22-20(25)14-8-10-24(11-9-14)31(26,27)15-6-7-16(28-4)17(12-15)29-5/h6-7,12-14H,8-11H2,1-5H3,(H,22,23,25). The number of sulfonamides is 1. The van der Waals surface area contributed by atoms with Gasteiger partial charge in [0.15, 0.2) is 17.3 Å². The third-order valence-corrected chi connectivity index (χ3v) is 7.21. The van der Waals surface area contributed by atoms with Crippen molar-refractivity contribution >= 4 is 21.7 Å². The lowest BCUT2D eigenvalue weighted by atomic mass is 9.93. The van der Waals surface area contributed by atoms with Crippen LogP contribution in [0.25, 0.3) is 0 Å². The Morgan fingerprint density at radius 3 is 2.32 bits per heavy atom. The zero-order valence-corrected chi connectivity index (χ0v) is 19.3. The van der Waals surface area contributed by atoms with E-state index in [0.717, 1.165) is 0 Å². The predicted molar refractivity (Wildman–Crippen MR) is 115 cm³/mol. The average Bonchev–Trinajstić information content (AvgIpc) is 3.22. The number of piperidine rings is 1. The van der Waals surface area contributed by atoms with Crippen molar-refractivity contribution in [3.63, 3.8) is 0 Å².